The van der Waals surface area contributed by atoms with Crippen LogP contribution in [0, 0.1) is 0 Å². The van der Waals surface area contributed by atoms with E-state index in [9.17, 15) is 18.0 Å². The molecule has 0 unspecified atom stereocenters. The van der Waals surface area contributed by atoms with Crippen LogP contribution in [-0.4, -0.2) is 20.2 Å². The number of hydrogen-bond donors (Lipinski definition) is 1. The Morgan fingerprint density at radius 2 is 1.58 bits per heavy atom. The highest BCUT2D eigenvalue weighted by atomic mass is 35.5. The highest BCUT2D eigenvalue weighted by Crippen LogP contribution is 2.30. The van der Waals surface area contributed by atoms with Gasteiger partial charge < -0.3 is 4.18 Å². The lowest BCUT2D eigenvalue weighted by atomic mass is 9.95. The number of carbonyl (C=O) groups is 2. The molecule has 0 bridgehead atoms. The van der Waals surface area contributed by atoms with Gasteiger partial charge in [-0.1, -0.05) is 23.7 Å². The fourth-order valence-corrected chi connectivity index (χ4v) is 3.94. The van der Waals surface area contributed by atoms with Crippen molar-refractivity contribution in [1.29, 1.82) is 0 Å². The van der Waals surface area contributed by atoms with Crippen molar-refractivity contribution in [2.75, 3.05) is 0 Å². The molecule has 1 N–H and O–H groups in total. The maximum atomic E-state index is 12.6. The Balaban J connectivity index is 1.86. The van der Waals surface area contributed by atoms with Gasteiger partial charge in [-0.3, -0.25) is 14.9 Å². The van der Waals surface area contributed by atoms with Crippen LogP contribution in [0.3, 0.4) is 0 Å². The van der Waals surface area contributed by atoms with Crippen molar-refractivity contribution in [3.63, 3.8) is 0 Å². The SMILES string of the molecule is O=C1NC(=O)c2cc(S(=O)(=O)Oc3ccc(Cl)cc3)cc3cccc1c23. The monoisotopic (exact) mass is 387 g/mol. The minimum absolute atomic E-state index is 0.0940. The number of hydrogen-bond acceptors (Lipinski definition) is 5. The summed E-state index contributed by atoms with van der Waals surface area (Å²) in [5, 5.41) is 3.53. The molecule has 0 radical (unpaired) electrons. The van der Waals surface area contributed by atoms with Crippen molar-refractivity contribution in [2.45, 2.75) is 4.90 Å². The van der Waals surface area contributed by atoms with Gasteiger partial charge in [-0.25, -0.2) is 0 Å². The van der Waals surface area contributed by atoms with E-state index in [0.717, 1.165) is 0 Å². The third kappa shape index (κ3) is 2.71. The van der Waals surface area contributed by atoms with Gasteiger partial charge in [0.1, 0.15) is 10.6 Å². The summed E-state index contributed by atoms with van der Waals surface area (Å²) >= 11 is 5.78. The van der Waals surface area contributed by atoms with Gasteiger partial charge in [-0.2, -0.15) is 8.42 Å². The number of imide groups is 1. The van der Waals surface area contributed by atoms with Crippen LogP contribution < -0.4 is 9.50 Å². The zero-order valence-electron chi connectivity index (χ0n) is 13.0. The smallest absolute Gasteiger partial charge is 0.339 e. The Labute approximate surface area is 153 Å². The molecular formula is C18H10ClNO5S. The summed E-state index contributed by atoms with van der Waals surface area (Å²) < 4.78 is 30.3. The second kappa shape index (κ2) is 5.82. The van der Waals surface area contributed by atoms with Gasteiger partial charge in [0.2, 0.25) is 0 Å². The number of benzene rings is 3. The van der Waals surface area contributed by atoms with Crippen LogP contribution in [0.4, 0.5) is 0 Å². The van der Waals surface area contributed by atoms with Crippen LogP contribution in [-0.2, 0) is 10.1 Å². The lowest BCUT2D eigenvalue weighted by Crippen LogP contribution is -2.34. The molecular weight excluding hydrogens is 378 g/mol. The fourth-order valence-electron chi connectivity index (χ4n) is 2.82. The molecule has 130 valence electrons. The highest BCUT2D eigenvalue weighted by Gasteiger charge is 2.28. The average Bonchev–Trinajstić information content (AvgIpc) is 2.61. The minimum atomic E-state index is -4.18. The first-order valence-electron chi connectivity index (χ1n) is 7.48. The molecule has 3 aromatic carbocycles. The van der Waals surface area contributed by atoms with E-state index < -0.39 is 21.9 Å². The number of amides is 2. The van der Waals surface area contributed by atoms with E-state index in [2.05, 4.69) is 5.32 Å². The van der Waals surface area contributed by atoms with Crippen molar-refractivity contribution in [3.8, 4) is 5.75 Å². The van der Waals surface area contributed by atoms with E-state index in [-0.39, 0.29) is 16.2 Å². The number of halogens is 1. The quantitative estimate of drug-likeness (QED) is 0.550. The average molecular weight is 388 g/mol. The minimum Gasteiger partial charge on any atom is -0.379 e. The first-order valence-corrected chi connectivity index (χ1v) is 9.26. The summed E-state index contributed by atoms with van der Waals surface area (Å²) in [6.07, 6.45) is 0. The zero-order chi connectivity index (χ0) is 18.5. The Morgan fingerprint density at radius 1 is 0.885 bits per heavy atom. The summed E-state index contributed by atoms with van der Waals surface area (Å²) in [6, 6.07) is 13.3. The lowest BCUT2D eigenvalue weighted by Gasteiger charge is -2.17. The maximum Gasteiger partial charge on any atom is 0.339 e. The molecule has 2 amide bonds. The van der Waals surface area contributed by atoms with Crippen LogP contribution in [0.5, 0.6) is 5.75 Å². The molecule has 0 fully saturated rings. The molecule has 0 atom stereocenters. The van der Waals surface area contributed by atoms with Crippen LogP contribution in [0.15, 0.2) is 59.5 Å². The first-order chi connectivity index (χ1) is 12.3. The van der Waals surface area contributed by atoms with Crippen LogP contribution >= 0.6 is 11.6 Å². The Morgan fingerprint density at radius 3 is 2.31 bits per heavy atom. The molecule has 1 aliphatic heterocycles. The van der Waals surface area contributed by atoms with Crippen LogP contribution in [0.25, 0.3) is 10.8 Å². The van der Waals surface area contributed by atoms with Gasteiger partial charge in [-0.05, 0) is 47.9 Å². The van der Waals surface area contributed by atoms with Gasteiger partial charge >= 0.3 is 10.1 Å². The molecule has 3 aromatic rings. The van der Waals surface area contributed by atoms with Gasteiger partial charge in [-0.15, -0.1) is 0 Å². The van der Waals surface area contributed by atoms with Gasteiger partial charge in [0.25, 0.3) is 11.8 Å². The molecule has 4 rings (SSSR count). The summed E-state index contributed by atoms with van der Waals surface area (Å²) in [5.41, 5.74) is 0.427. The molecule has 6 nitrogen and oxygen atoms in total. The van der Waals surface area contributed by atoms with Crippen molar-refractivity contribution in [2.24, 2.45) is 0 Å². The molecule has 8 heteroatoms. The second-order valence-corrected chi connectivity index (χ2v) is 7.63. The fraction of sp³-hybridized carbons (Fsp3) is 0. The molecule has 0 aliphatic carbocycles. The second-order valence-electron chi connectivity index (χ2n) is 5.65. The molecule has 0 spiro atoms. The Kier molecular flexibility index (Phi) is 3.71. The summed E-state index contributed by atoms with van der Waals surface area (Å²) in [5.74, 6) is -1.07. The normalized spacial score (nSPS) is 13.6. The third-order valence-corrected chi connectivity index (χ3v) is 5.45. The zero-order valence-corrected chi connectivity index (χ0v) is 14.6. The van der Waals surface area contributed by atoms with Crippen molar-refractivity contribution in [3.05, 3.63) is 70.7 Å². The van der Waals surface area contributed by atoms with Crippen LogP contribution in [0.1, 0.15) is 20.7 Å². The molecule has 0 saturated carbocycles. The largest absolute Gasteiger partial charge is 0.379 e. The maximum absolute atomic E-state index is 12.6. The Hall–Kier alpha value is -2.90. The van der Waals surface area contributed by atoms with Crippen LogP contribution in [0.2, 0.25) is 5.02 Å². The number of rotatable bonds is 3. The van der Waals surface area contributed by atoms with Crippen molar-refractivity contribution in [1.82, 2.24) is 5.32 Å². The molecule has 0 aromatic heterocycles. The number of nitrogens with one attached hydrogen (secondary N) is 1. The predicted molar refractivity (Wildman–Crippen MR) is 95.0 cm³/mol. The van der Waals surface area contributed by atoms with E-state index in [0.29, 0.717) is 21.4 Å². The summed E-state index contributed by atoms with van der Waals surface area (Å²) in [6.45, 7) is 0. The van der Waals surface area contributed by atoms with E-state index >= 15 is 0 Å². The van der Waals surface area contributed by atoms with E-state index in [1.165, 1.54) is 36.4 Å². The number of carbonyl (C=O) groups excluding carboxylic acids is 2. The molecule has 1 aliphatic rings. The molecule has 1 heterocycles. The standard InChI is InChI=1S/C18H10ClNO5S/c19-11-4-6-12(7-5-11)25-26(23,24)13-8-10-2-1-3-14-16(10)15(9-13)18(22)20-17(14)21/h1-9H,(H,20,21,22). The topological polar surface area (TPSA) is 89.5 Å². The van der Waals surface area contributed by atoms with Gasteiger partial charge in [0.15, 0.2) is 0 Å². The van der Waals surface area contributed by atoms with Gasteiger partial charge in [0.05, 0.1) is 0 Å². The highest BCUT2D eigenvalue weighted by molar-refractivity contribution is 7.87. The molecule has 26 heavy (non-hydrogen) atoms. The summed E-state index contributed by atoms with van der Waals surface area (Å²) in [7, 11) is -4.18. The van der Waals surface area contributed by atoms with Gasteiger partial charge in [0, 0.05) is 21.5 Å². The Bertz CT molecular complexity index is 1190. The van der Waals surface area contributed by atoms with Crippen molar-refractivity contribution < 1.29 is 22.2 Å². The lowest BCUT2D eigenvalue weighted by molar-refractivity contribution is 0.0845. The van der Waals surface area contributed by atoms with E-state index in [1.54, 1.807) is 18.2 Å². The summed E-state index contributed by atoms with van der Waals surface area (Å²) in [4.78, 5) is 23.9. The van der Waals surface area contributed by atoms with Crippen molar-refractivity contribution >= 4 is 44.3 Å². The first kappa shape index (κ1) is 16.6. The van der Waals surface area contributed by atoms with E-state index in [1.807, 2.05) is 0 Å². The predicted octanol–water partition coefficient (Wildman–Crippen LogP) is 3.14. The van der Waals surface area contributed by atoms with E-state index in [4.69, 9.17) is 15.8 Å². The third-order valence-electron chi connectivity index (χ3n) is 3.97. The molecule has 0 saturated heterocycles.